The van der Waals surface area contributed by atoms with Gasteiger partial charge in [0, 0.05) is 0 Å². The van der Waals surface area contributed by atoms with Crippen molar-refractivity contribution in [1.29, 1.82) is 0 Å². The van der Waals surface area contributed by atoms with Crippen LogP contribution < -0.4 is 0 Å². The number of rotatable bonds is 3. The minimum Gasteiger partial charge on any atom is -0.481 e. The molecular weight excluding hydrogens is 172 g/mol. The molecule has 76 valence electrons. The van der Waals surface area contributed by atoms with E-state index in [-0.39, 0.29) is 18.4 Å². The van der Waals surface area contributed by atoms with Crippen molar-refractivity contribution in [3.8, 4) is 0 Å². The molecule has 2 N–H and O–H groups in total. The molecule has 1 aliphatic carbocycles. The molecule has 1 rings (SSSR count). The molecule has 0 amide bonds. The molecule has 1 fully saturated rings. The first-order chi connectivity index (χ1) is 6.13. The molecule has 0 aromatic heterocycles. The molecule has 4 nitrogen and oxygen atoms in total. The number of carbonyl (C=O) groups is 1. The van der Waals surface area contributed by atoms with Gasteiger partial charge >= 0.3 is 5.97 Å². The third-order valence-electron chi connectivity index (χ3n) is 2.70. The van der Waals surface area contributed by atoms with Crippen LogP contribution in [0.4, 0.5) is 0 Å². The molecule has 1 aliphatic rings. The van der Waals surface area contributed by atoms with Gasteiger partial charge in [0.25, 0.3) is 0 Å². The summed E-state index contributed by atoms with van der Waals surface area (Å²) in [6, 6.07) is 0. The van der Waals surface area contributed by atoms with Gasteiger partial charge in [-0.25, -0.2) is 4.89 Å². The summed E-state index contributed by atoms with van der Waals surface area (Å²) < 4.78 is 0. The zero-order chi connectivity index (χ0) is 9.84. The van der Waals surface area contributed by atoms with Crippen molar-refractivity contribution in [1.82, 2.24) is 0 Å². The van der Waals surface area contributed by atoms with Crippen LogP contribution in [-0.4, -0.2) is 22.9 Å². The van der Waals surface area contributed by atoms with E-state index in [1.165, 1.54) is 0 Å². The highest BCUT2D eigenvalue weighted by Gasteiger charge is 2.30. The van der Waals surface area contributed by atoms with E-state index in [1.807, 2.05) is 6.92 Å². The lowest BCUT2D eigenvalue weighted by molar-refractivity contribution is -0.253. The van der Waals surface area contributed by atoms with Crippen LogP contribution in [0.1, 0.15) is 26.2 Å². The second-order valence-electron chi connectivity index (χ2n) is 4.01. The van der Waals surface area contributed by atoms with E-state index in [0.717, 1.165) is 12.8 Å². The molecule has 0 bridgehead atoms. The number of aliphatic carboxylic acids is 1. The molecule has 1 saturated carbocycles. The molecule has 3 unspecified atom stereocenters. The second-order valence-corrected chi connectivity index (χ2v) is 4.01. The highest BCUT2D eigenvalue weighted by molar-refractivity contribution is 5.70. The molecule has 4 heteroatoms. The van der Waals surface area contributed by atoms with Gasteiger partial charge < -0.3 is 5.11 Å². The third kappa shape index (κ3) is 2.97. The minimum absolute atomic E-state index is 0.190. The zero-order valence-electron chi connectivity index (χ0n) is 7.77. The van der Waals surface area contributed by atoms with Crippen LogP contribution in [0.3, 0.4) is 0 Å². The summed E-state index contributed by atoms with van der Waals surface area (Å²) in [5.41, 5.74) is 0. The van der Waals surface area contributed by atoms with E-state index < -0.39 is 5.97 Å². The minimum atomic E-state index is -0.727. The first-order valence-electron chi connectivity index (χ1n) is 4.62. The zero-order valence-corrected chi connectivity index (χ0v) is 7.77. The van der Waals surface area contributed by atoms with Crippen molar-refractivity contribution in [2.75, 3.05) is 6.61 Å². The summed E-state index contributed by atoms with van der Waals surface area (Å²) in [6.07, 6.45) is 2.32. The van der Waals surface area contributed by atoms with Gasteiger partial charge in [0.05, 0.1) is 12.5 Å². The Bertz CT molecular complexity index is 180. The monoisotopic (exact) mass is 188 g/mol. The molecule has 0 saturated heterocycles. The highest BCUT2D eigenvalue weighted by atomic mass is 17.1. The molecule has 0 radical (unpaired) electrons. The molecule has 0 aromatic rings. The fourth-order valence-electron chi connectivity index (χ4n) is 2.19. The van der Waals surface area contributed by atoms with E-state index in [1.54, 1.807) is 0 Å². The maximum atomic E-state index is 10.7. The summed E-state index contributed by atoms with van der Waals surface area (Å²) in [5, 5.41) is 17.1. The van der Waals surface area contributed by atoms with Crippen LogP contribution in [-0.2, 0) is 9.68 Å². The number of carboxylic acid groups (broad SMARTS) is 1. The van der Waals surface area contributed by atoms with Gasteiger partial charge in [0.1, 0.15) is 0 Å². The standard InChI is InChI=1S/C9H16O4/c1-6-2-7(5-13-12)4-8(3-6)9(10)11/h6-8,12H,2-5H2,1H3,(H,10,11). The molecular formula is C9H16O4. The van der Waals surface area contributed by atoms with Crippen molar-refractivity contribution >= 4 is 5.97 Å². The Morgan fingerprint density at radius 2 is 2.15 bits per heavy atom. The molecule has 0 spiro atoms. The summed E-state index contributed by atoms with van der Waals surface area (Å²) in [7, 11) is 0. The third-order valence-corrected chi connectivity index (χ3v) is 2.70. The van der Waals surface area contributed by atoms with E-state index in [0.29, 0.717) is 12.3 Å². The quantitative estimate of drug-likeness (QED) is 0.521. The van der Waals surface area contributed by atoms with Gasteiger partial charge in [-0.1, -0.05) is 6.92 Å². The number of carboxylic acids is 1. The van der Waals surface area contributed by atoms with Crippen molar-refractivity contribution in [3.05, 3.63) is 0 Å². The maximum absolute atomic E-state index is 10.7. The topological polar surface area (TPSA) is 66.8 Å². The first-order valence-corrected chi connectivity index (χ1v) is 4.62. The molecule has 0 aromatic carbocycles. The second kappa shape index (κ2) is 4.58. The Hall–Kier alpha value is -0.610. The molecule has 0 aliphatic heterocycles. The predicted molar refractivity (Wildman–Crippen MR) is 46.2 cm³/mol. The van der Waals surface area contributed by atoms with E-state index in [2.05, 4.69) is 4.89 Å². The van der Waals surface area contributed by atoms with Crippen molar-refractivity contribution < 1.29 is 20.0 Å². The van der Waals surface area contributed by atoms with Crippen LogP contribution in [0.5, 0.6) is 0 Å². The lowest BCUT2D eigenvalue weighted by Crippen LogP contribution is -2.28. The van der Waals surface area contributed by atoms with Crippen molar-refractivity contribution in [3.63, 3.8) is 0 Å². The number of hydrogen-bond donors (Lipinski definition) is 2. The fraction of sp³-hybridized carbons (Fsp3) is 0.889. The van der Waals surface area contributed by atoms with E-state index in [9.17, 15) is 4.79 Å². The van der Waals surface area contributed by atoms with Gasteiger partial charge in [-0.15, -0.1) is 0 Å². The molecule has 3 atom stereocenters. The molecule has 0 heterocycles. The summed E-state index contributed by atoms with van der Waals surface area (Å²) in [4.78, 5) is 14.8. The normalized spacial score (nSPS) is 34.5. The first kappa shape index (κ1) is 10.5. The highest BCUT2D eigenvalue weighted by Crippen LogP contribution is 2.33. The van der Waals surface area contributed by atoms with Crippen LogP contribution in [0.25, 0.3) is 0 Å². The Labute approximate surface area is 77.4 Å². The van der Waals surface area contributed by atoms with Crippen molar-refractivity contribution in [2.24, 2.45) is 17.8 Å². The summed E-state index contributed by atoms with van der Waals surface area (Å²) in [6.45, 7) is 2.30. The average Bonchev–Trinajstić information content (AvgIpc) is 2.03. The Kier molecular flexibility index (Phi) is 3.69. The van der Waals surface area contributed by atoms with Crippen LogP contribution in [0.2, 0.25) is 0 Å². The van der Waals surface area contributed by atoms with Crippen LogP contribution in [0.15, 0.2) is 0 Å². The number of hydrogen-bond acceptors (Lipinski definition) is 3. The van der Waals surface area contributed by atoms with Crippen molar-refractivity contribution in [2.45, 2.75) is 26.2 Å². The lowest BCUT2D eigenvalue weighted by atomic mass is 9.76. The SMILES string of the molecule is CC1CC(COO)CC(C(=O)O)C1. The van der Waals surface area contributed by atoms with E-state index >= 15 is 0 Å². The van der Waals surface area contributed by atoms with Gasteiger partial charge in [0.2, 0.25) is 0 Å². The Morgan fingerprint density at radius 3 is 2.69 bits per heavy atom. The Morgan fingerprint density at radius 1 is 1.46 bits per heavy atom. The van der Waals surface area contributed by atoms with Gasteiger partial charge in [0.15, 0.2) is 0 Å². The summed E-state index contributed by atoms with van der Waals surface area (Å²) in [5.74, 6) is -0.386. The van der Waals surface area contributed by atoms with E-state index in [4.69, 9.17) is 10.4 Å². The smallest absolute Gasteiger partial charge is 0.306 e. The van der Waals surface area contributed by atoms with Crippen LogP contribution >= 0.6 is 0 Å². The Balaban J connectivity index is 2.47. The lowest BCUT2D eigenvalue weighted by Gasteiger charge is -2.30. The molecule has 13 heavy (non-hydrogen) atoms. The fourth-order valence-corrected chi connectivity index (χ4v) is 2.19. The largest absolute Gasteiger partial charge is 0.481 e. The van der Waals surface area contributed by atoms with Crippen LogP contribution in [0, 0.1) is 17.8 Å². The van der Waals surface area contributed by atoms with Gasteiger partial charge in [-0.2, -0.15) is 0 Å². The van der Waals surface area contributed by atoms with Gasteiger partial charge in [-0.3, -0.25) is 10.1 Å². The van der Waals surface area contributed by atoms with Gasteiger partial charge in [-0.05, 0) is 31.1 Å². The predicted octanol–water partition coefficient (Wildman–Crippen LogP) is 1.61. The maximum Gasteiger partial charge on any atom is 0.306 e. The average molecular weight is 188 g/mol. The summed E-state index contributed by atoms with van der Waals surface area (Å²) >= 11 is 0.